The molecule has 0 saturated heterocycles. The van der Waals surface area contributed by atoms with Gasteiger partial charge in [-0.25, -0.2) is 17.6 Å². The van der Waals surface area contributed by atoms with Gasteiger partial charge in [-0.3, -0.25) is 4.79 Å². The normalized spacial score (nSPS) is 11.6. The maximum absolute atomic E-state index is 13.3. The number of carbonyl (C=O) groups excluding carboxylic acids is 1. The highest BCUT2D eigenvalue weighted by molar-refractivity contribution is 9.10. The Morgan fingerprint density at radius 1 is 1.08 bits per heavy atom. The van der Waals surface area contributed by atoms with Crippen LogP contribution in [-0.2, 0) is 9.84 Å². The lowest BCUT2D eigenvalue weighted by molar-refractivity contribution is 0.101. The first-order valence-electron chi connectivity index (χ1n) is 7.01. The molecule has 0 spiro atoms. The Balaban J connectivity index is 1.98. The molecule has 0 atom stereocenters. The third-order valence-corrected chi connectivity index (χ3v) is 5.65. The molecular weight excluding hydrogens is 415 g/mol. The molecule has 0 unspecified atom stereocenters. The summed E-state index contributed by atoms with van der Waals surface area (Å²) in [4.78, 5) is 24.2. The lowest BCUT2D eigenvalue weighted by atomic mass is 10.1. The summed E-state index contributed by atoms with van der Waals surface area (Å²) in [5, 5.41) is 0.198. The molecule has 0 saturated carbocycles. The first-order valence-corrected chi connectivity index (χ1v) is 9.46. The maximum atomic E-state index is 13.3. The fraction of sp³-hybridized carbons (Fsp3) is 0.0588. The minimum atomic E-state index is -3.93. The van der Waals surface area contributed by atoms with Crippen LogP contribution in [0.2, 0.25) is 0 Å². The smallest absolute Gasteiger partial charge is 0.347 e. The summed E-state index contributed by atoms with van der Waals surface area (Å²) in [7, 11) is -3.93. The minimum Gasteiger partial charge on any atom is -0.422 e. The molecule has 8 heteroatoms. The van der Waals surface area contributed by atoms with Crippen molar-refractivity contribution in [3.63, 3.8) is 0 Å². The van der Waals surface area contributed by atoms with Gasteiger partial charge < -0.3 is 4.42 Å². The molecular formula is C17H10BrFO5S. The minimum absolute atomic E-state index is 0.0414. The van der Waals surface area contributed by atoms with Gasteiger partial charge in [0.05, 0.1) is 4.90 Å². The lowest BCUT2D eigenvalue weighted by Crippen LogP contribution is -2.22. The second-order valence-corrected chi connectivity index (χ2v) is 8.17. The zero-order chi connectivity index (χ0) is 18.2. The fourth-order valence-electron chi connectivity index (χ4n) is 2.26. The second kappa shape index (κ2) is 6.53. The number of rotatable bonds is 4. The highest BCUT2D eigenvalue weighted by atomic mass is 79.9. The molecule has 0 radical (unpaired) electrons. The third kappa shape index (κ3) is 3.69. The van der Waals surface area contributed by atoms with E-state index in [1.807, 2.05) is 0 Å². The van der Waals surface area contributed by atoms with Crippen molar-refractivity contribution in [2.24, 2.45) is 0 Å². The van der Waals surface area contributed by atoms with Crippen molar-refractivity contribution in [3.05, 3.63) is 74.8 Å². The topological polar surface area (TPSA) is 81.4 Å². The number of fused-ring (bicyclic) bond motifs is 1. The quantitative estimate of drug-likeness (QED) is 0.473. The number of carbonyl (C=O) groups is 1. The van der Waals surface area contributed by atoms with E-state index in [0.29, 0.717) is 4.47 Å². The van der Waals surface area contributed by atoms with Crippen molar-refractivity contribution < 1.29 is 22.0 Å². The number of sulfone groups is 1. The fourth-order valence-corrected chi connectivity index (χ4v) is 3.75. The number of hydrogen-bond donors (Lipinski definition) is 0. The van der Waals surface area contributed by atoms with Crippen LogP contribution in [0.25, 0.3) is 11.0 Å². The Labute approximate surface area is 150 Å². The predicted molar refractivity (Wildman–Crippen MR) is 93.0 cm³/mol. The van der Waals surface area contributed by atoms with E-state index >= 15 is 0 Å². The van der Waals surface area contributed by atoms with Crippen LogP contribution in [0.4, 0.5) is 4.39 Å². The number of hydrogen-bond acceptors (Lipinski definition) is 5. The van der Waals surface area contributed by atoms with Gasteiger partial charge in [-0.1, -0.05) is 15.9 Å². The SMILES string of the molecule is O=C(CS(=O)(=O)c1ccc(Br)cc1)c1cc2cc(F)ccc2oc1=O. The molecule has 2 aromatic carbocycles. The van der Waals surface area contributed by atoms with Crippen LogP contribution < -0.4 is 5.63 Å². The van der Waals surface area contributed by atoms with Crippen molar-refractivity contribution in [2.45, 2.75) is 4.90 Å². The molecule has 0 aliphatic carbocycles. The van der Waals surface area contributed by atoms with Gasteiger partial charge in [0, 0.05) is 9.86 Å². The van der Waals surface area contributed by atoms with Crippen molar-refractivity contribution in [1.82, 2.24) is 0 Å². The van der Waals surface area contributed by atoms with Crippen LogP contribution in [0.3, 0.4) is 0 Å². The molecule has 3 rings (SSSR count). The molecule has 1 aromatic heterocycles. The monoisotopic (exact) mass is 424 g/mol. The van der Waals surface area contributed by atoms with Crippen molar-refractivity contribution >= 4 is 42.5 Å². The summed E-state index contributed by atoms with van der Waals surface area (Å²) in [6.45, 7) is 0. The Morgan fingerprint density at radius 2 is 1.76 bits per heavy atom. The summed E-state index contributed by atoms with van der Waals surface area (Å²) in [6, 6.07) is 10.4. The van der Waals surface area contributed by atoms with Gasteiger partial charge in [-0.05, 0) is 48.5 Å². The van der Waals surface area contributed by atoms with Gasteiger partial charge in [0.25, 0.3) is 0 Å². The van der Waals surface area contributed by atoms with E-state index in [9.17, 15) is 22.4 Å². The van der Waals surface area contributed by atoms with Gasteiger partial charge in [0.1, 0.15) is 22.7 Å². The van der Waals surface area contributed by atoms with E-state index < -0.39 is 38.4 Å². The van der Waals surface area contributed by atoms with E-state index in [4.69, 9.17) is 4.42 Å². The first-order chi connectivity index (χ1) is 11.8. The van der Waals surface area contributed by atoms with Crippen molar-refractivity contribution in [3.8, 4) is 0 Å². The second-order valence-electron chi connectivity index (χ2n) is 5.27. The highest BCUT2D eigenvalue weighted by Crippen LogP contribution is 2.18. The van der Waals surface area contributed by atoms with Gasteiger partial charge >= 0.3 is 5.63 Å². The van der Waals surface area contributed by atoms with E-state index in [1.54, 1.807) is 0 Å². The Kier molecular flexibility index (Phi) is 4.57. The van der Waals surface area contributed by atoms with E-state index in [1.165, 1.54) is 30.3 Å². The van der Waals surface area contributed by atoms with Crippen LogP contribution >= 0.6 is 15.9 Å². The van der Waals surface area contributed by atoms with Crippen LogP contribution in [0.5, 0.6) is 0 Å². The van der Waals surface area contributed by atoms with E-state index in [2.05, 4.69) is 15.9 Å². The zero-order valence-electron chi connectivity index (χ0n) is 12.5. The van der Waals surface area contributed by atoms with Gasteiger partial charge in [-0.15, -0.1) is 0 Å². The van der Waals surface area contributed by atoms with Crippen molar-refractivity contribution in [2.75, 3.05) is 5.75 Å². The van der Waals surface area contributed by atoms with Gasteiger partial charge in [-0.2, -0.15) is 0 Å². The number of ketones is 1. The molecule has 0 fully saturated rings. The summed E-state index contributed by atoms with van der Waals surface area (Å²) in [5.41, 5.74) is -1.28. The molecule has 25 heavy (non-hydrogen) atoms. The van der Waals surface area contributed by atoms with Crippen molar-refractivity contribution in [1.29, 1.82) is 0 Å². The summed E-state index contributed by atoms with van der Waals surface area (Å²) in [5.74, 6) is -2.37. The molecule has 5 nitrogen and oxygen atoms in total. The van der Waals surface area contributed by atoms with Crippen LogP contribution in [-0.4, -0.2) is 20.0 Å². The van der Waals surface area contributed by atoms with Crippen LogP contribution in [0, 0.1) is 5.82 Å². The first kappa shape index (κ1) is 17.5. The van der Waals surface area contributed by atoms with Gasteiger partial charge in [0.2, 0.25) is 0 Å². The summed E-state index contributed by atoms with van der Waals surface area (Å²) < 4.78 is 43.6. The average molecular weight is 425 g/mol. The number of benzene rings is 2. The molecule has 0 bridgehead atoms. The Bertz CT molecular complexity index is 1130. The molecule has 128 valence electrons. The summed E-state index contributed by atoms with van der Waals surface area (Å²) >= 11 is 3.19. The largest absolute Gasteiger partial charge is 0.422 e. The van der Waals surface area contributed by atoms with E-state index in [-0.39, 0.29) is 15.9 Å². The average Bonchev–Trinajstić information content (AvgIpc) is 2.54. The predicted octanol–water partition coefficient (Wildman–Crippen LogP) is 3.35. The van der Waals surface area contributed by atoms with Crippen LogP contribution in [0.15, 0.2) is 67.1 Å². The van der Waals surface area contributed by atoms with E-state index in [0.717, 1.165) is 18.2 Å². The summed E-state index contributed by atoms with van der Waals surface area (Å²) in [6.07, 6.45) is 0. The number of halogens is 2. The molecule has 0 aliphatic heterocycles. The maximum Gasteiger partial charge on any atom is 0.347 e. The van der Waals surface area contributed by atoms with Crippen LogP contribution in [0.1, 0.15) is 10.4 Å². The molecule has 1 heterocycles. The highest BCUT2D eigenvalue weighted by Gasteiger charge is 2.23. The lowest BCUT2D eigenvalue weighted by Gasteiger charge is -2.05. The molecule has 0 N–H and O–H groups in total. The Morgan fingerprint density at radius 3 is 2.44 bits per heavy atom. The van der Waals surface area contributed by atoms with Gasteiger partial charge in [0.15, 0.2) is 15.6 Å². The third-order valence-electron chi connectivity index (χ3n) is 3.49. The molecule has 0 aliphatic rings. The zero-order valence-corrected chi connectivity index (χ0v) is 14.9. The Hall–Kier alpha value is -2.32. The molecule has 0 amide bonds. The number of Topliss-reactive ketones (excluding diaryl/α,β-unsaturated/α-hetero) is 1. The standard InChI is InChI=1S/C17H10BrFO5S/c18-11-1-4-13(5-2-11)25(22,23)9-15(20)14-8-10-7-12(19)3-6-16(10)24-17(14)21/h1-8H,9H2. The molecule has 3 aromatic rings.